The van der Waals surface area contributed by atoms with E-state index in [1.54, 1.807) is 11.3 Å². The molecule has 0 amide bonds. The van der Waals surface area contributed by atoms with Crippen LogP contribution in [-0.4, -0.2) is 15.0 Å². The highest BCUT2D eigenvalue weighted by atomic mass is 32.1. The average Bonchev–Trinajstić information content (AvgIpc) is 3.87. The van der Waals surface area contributed by atoms with Gasteiger partial charge >= 0.3 is 0 Å². The van der Waals surface area contributed by atoms with Crippen molar-refractivity contribution in [2.45, 2.75) is 0 Å². The molecule has 12 aromatic rings. The van der Waals surface area contributed by atoms with Crippen molar-refractivity contribution in [2.24, 2.45) is 0 Å². The molecule has 58 heavy (non-hydrogen) atoms. The van der Waals surface area contributed by atoms with Crippen molar-refractivity contribution in [2.75, 3.05) is 0 Å². The molecule has 0 bridgehead atoms. The second-order valence-electron chi connectivity index (χ2n) is 14.7. The van der Waals surface area contributed by atoms with Gasteiger partial charge in [-0.3, -0.25) is 0 Å². The van der Waals surface area contributed by atoms with Crippen molar-refractivity contribution in [3.05, 3.63) is 188 Å². The lowest BCUT2D eigenvalue weighted by Crippen LogP contribution is -2.00. The summed E-state index contributed by atoms with van der Waals surface area (Å²) in [6.07, 6.45) is 0. The minimum Gasteiger partial charge on any atom is -0.455 e. The smallest absolute Gasteiger partial charge is 0.167 e. The van der Waals surface area contributed by atoms with Crippen molar-refractivity contribution in [1.29, 1.82) is 0 Å². The van der Waals surface area contributed by atoms with E-state index in [9.17, 15) is 0 Å². The van der Waals surface area contributed by atoms with Gasteiger partial charge in [0.2, 0.25) is 0 Å². The number of thiophene rings is 1. The van der Waals surface area contributed by atoms with Crippen molar-refractivity contribution in [3.8, 4) is 56.4 Å². The molecule has 0 saturated heterocycles. The third kappa shape index (κ3) is 5.18. The van der Waals surface area contributed by atoms with E-state index < -0.39 is 0 Å². The summed E-state index contributed by atoms with van der Waals surface area (Å²) in [6, 6.07) is 66.2. The Bertz CT molecular complexity index is 3570. The van der Waals surface area contributed by atoms with E-state index in [-0.39, 0.29) is 0 Å². The average molecular weight is 758 g/mol. The standard InChI is InChI=1S/C53H31N3OS/c1-2-15-34(16-3-1)51-54-52(44-26-10-24-42-40-30-29-35(31-46(40)57-49(42)44)38-21-8-17-32-13-4-6-19-36(32)38)56-53(55-51)45-27-11-25-43-48-41(23-12-28-47(48)58-50(43)45)39-22-9-18-33-14-5-7-20-37(33)39/h1-31H. The molecule has 0 atom stereocenters. The summed E-state index contributed by atoms with van der Waals surface area (Å²) >= 11 is 1.79. The maximum atomic E-state index is 6.80. The molecule has 3 aromatic heterocycles. The molecule has 0 aliphatic carbocycles. The Morgan fingerprint density at radius 2 is 0.931 bits per heavy atom. The largest absolute Gasteiger partial charge is 0.455 e. The zero-order valence-corrected chi connectivity index (χ0v) is 31.9. The maximum absolute atomic E-state index is 6.80. The zero-order chi connectivity index (χ0) is 38.2. The summed E-state index contributed by atoms with van der Waals surface area (Å²) in [5, 5.41) is 9.40. The lowest BCUT2D eigenvalue weighted by atomic mass is 9.94. The molecule has 4 nitrogen and oxygen atoms in total. The van der Waals surface area contributed by atoms with Gasteiger partial charge in [-0.1, -0.05) is 158 Å². The first kappa shape index (κ1) is 32.7. The first-order valence-electron chi connectivity index (χ1n) is 19.4. The van der Waals surface area contributed by atoms with E-state index in [2.05, 4.69) is 170 Å². The van der Waals surface area contributed by atoms with Crippen LogP contribution < -0.4 is 0 Å². The number of nitrogens with zero attached hydrogens (tertiary/aromatic N) is 3. The van der Waals surface area contributed by atoms with Gasteiger partial charge in [0.15, 0.2) is 17.5 Å². The molecule has 0 aliphatic heterocycles. The molecular weight excluding hydrogens is 727 g/mol. The van der Waals surface area contributed by atoms with E-state index in [4.69, 9.17) is 19.4 Å². The van der Waals surface area contributed by atoms with Crippen LogP contribution in [0, 0.1) is 0 Å². The van der Waals surface area contributed by atoms with Crippen LogP contribution in [0.4, 0.5) is 0 Å². The van der Waals surface area contributed by atoms with Crippen LogP contribution in [0.3, 0.4) is 0 Å². The second kappa shape index (κ2) is 13.1. The normalized spacial score (nSPS) is 11.8. The summed E-state index contributed by atoms with van der Waals surface area (Å²) in [7, 11) is 0. The van der Waals surface area contributed by atoms with E-state index in [1.165, 1.54) is 53.7 Å². The summed E-state index contributed by atoms with van der Waals surface area (Å²) in [5.74, 6) is 1.80. The minimum absolute atomic E-state index is 0.567. The fourth-order valence-electron chi connectivity index (χ4n) is 8.66. The Labute approximate surface area is 337 Å². The van der Waals surface area contributed by atoms with Crippen LogP contribution in [0.5, 0.6) is 0 Å². The maximum Gasteiger partial charge on any atom is 0.167 e. The minimum atomic E-state index is 0.567. The highest BCUT2D eigenvalue weighted by molar-refractivity contribution is 7.26. The second-order valence-corrected chi connectivity index (χ2v) is 15.7. The highest BCUT2D eigenvalue weighted by Gasteiger charge is 2.21. The molecule has 0 saturated carbocycles. The molecule has 0 radical (unpaired) electrons. The number of rotatable bonds is 5. The molecule has 12 rings (SSSR count). The van der Waals surface area contributed by atoms with Crippen LogP contribution in [0.1, 0.15) is 0 Å². The van der Waals surface area contributed by atoms with Gasteiger partial charge in [-0.2, -0.15) is 0 Å². The molecule has 0 N–H and O–H groups in total. The lowest BCUT2D eigenvalue weighted by Gasteiger charge is -2.10. The number of furan rings is 1. The highest BCUT2D eigenvalue weighted by Crippen LogP contribution is 2.45. The van der Waals surface area contributed by atoms with Gasteiger partial charge in [-0.25, -0.2) is 15.0 Å². The quantitative estimate of drug-likeness (QED) is 0.175. The Balaban J connectivity index is 1.05. The van der Waals surface area contributed by atoms with Gasteiger partial charge in [0.1, 0.15) is 11.2 Å². The van der Waals surface area contributed by atoms with E-state index in [0.717, 1.165) is 48.9 Å². The first-order valence-corrected chi connectivity index (χ1v) is 20.2. The van der Waals surface area contributed by atoms with Crippen molar-refractivity contribution < 1.29 is 4.42 Å². The molecule has 270 valence electrons. The molecule has 3 heterocycles. The van der Waals surface area contributed by atoms with E-state index in [0.29, 0.717) is 17.5 Å². The van der Waals surface area contributed by atoms with E-state index >= 15 is 0 Å². The Hall–Kier alpha value is -7.47. The number of fused-ring (bicyclic) bond motifs is 8. The number of para-hydroxylation sites is 1. The number of hydrogen-bond acceptors (Lipinski definition) is 5. The topological polar surface area (TPSA) is 51.8 Å². The first-order chi connectivity index (χ1) is 28.7. The van der Waals surface area contributed by atoms with Gasteiger partial charge in [0, 0.05) is 42.1 Å². The van der Waals surface area contributed by atoms with Crippen LogP contribution in [0.15, 0.2) is 192 Å². The summed E-state index contributed by atoms with van der Waals surface area (Å²) < 4.78 is 9.17. The third-order valence-corrected chi connectivity index (χ3v) is 12.6. The zero-order valence-electron chi connectivity index (χ0n) is 31.1. The van der Waals surface area contributed by atoms with Gasteiger partial charge in [0.25, 0.3) is 0 Å². The van der Waals surface area contributed by atoms with Crippen molar-refractivity contribution in [3.63, 3.8) is 0 Å². The van der Waals surface area contributed by atoms with Crippen molar-refractivity contribution >= 4 is 75.0 Å². The Morgan fingerprint density at radius 1 is 0.362 bits per heavy atom. The Kier molecular flexibility index (Phi) is 7.37. The third-order valence-electron chi connectivity index (χ3n) is 11.4. The number of benzene rings is 9. The van der Waals surface area contributed by atoms with Gasteiger partial charge < -0.3 is 4.42 Å². The number of aromatic nitrogens is 3. The lowest BCUT2D eigenvalue weighted by molar-refractivity contribution is 0.669. The summed E-state index contributed by atoms with van der Waals surface area (Å²) in [6.45, 7) is 0. The van der Waals surface area contributed by atoms with Gasteiger partial charge in [-0.15, -0.1) is 11.3 Å². The molecule has 0 aliphatic rings. The van der Waals surface area contributed by atoms with Crippen LogP contribution in [0.2, 0.25) is 0 Å². The van der Waals surface area contributed by atoms with E-state index in [1.807, 2.05) is 18.2 Å². The summed E-state index contributed by atoms with van der Waals surface area (Å²) in [5.41, 5.74) is 9.03. The monoisotopic (exact) mass is 757 g/mol. The Morgan fingerprint density at radius 3 is 1.74 bits per heavy atom. The molecule has 9 aromatic carbocycles. The van der Waals surface area contributed by atoms with Gasteiger partial charge in [0.05, 0.1) is 5.56 Å². The van der Waals surface area contributed by atoms with Gasteiger partial charge in [-0.05, 0) is 74.1 Å². The fraction of sp³-hybridized carbons (Fsp3) is 0. The molecule has 5 heteroatoms. The predicted octanol–water partition coefficient (Wildman–Crippen LogP) is 14.8. The molecule has 0 fully saturated rings. The van der Waals surface area contributed by atoms with Crippen LogP contribution >= 0.6 is 11.3 Å². The van der Waals surface area contributed by atoms with Crippen LogP contribution in [0.25, 0.3) is 120 Å². The molecular formula is C53H31N3OS. The fourth-order valence-corrected chi connectivity index (χ4v) is 9.90. The molecule has 0 unspecified atom stereocenters. The summed E-state index contributed by atoms with van der Waals surface area (Å²) in [4.78, 5) is 15.6. The van der Waals surface area contributed by atoms with Crippen molar-refractivity contribution in [1.82, 2.24) is 15.0 Å². The van der Waals surface area contributed by atoms with Crippen LogP contribution in [-0.2, 0) is 0 Å². The molecule has 0 spiro atoms. The predicted molar refractivity (Wildman–Crippen MR) is 242 cm³/mol. The number of hydrogen-bond donors (Lipinski definition) is 0. The SMILES string of the molecule is c1ccc(-c2nc(-c3cccc4c3oc3cc(-c5cccc6ccccc56)ccc34)nc(-c3cccc4c3sc3cccc(-c5cccc6ccccc56)c34)n2)cc1.